The Morgan fingerprint density at radius 3 is 2.41 bits per heavy atom. The molecule has 0 N–H and O–H groups in total. The molecule has 0 aromatic heterocycles. The fourth-order valence-electron chi connectivity index (χ4n) is 0.994. The molecule has 5 heteroatoms. The molecule has 17 heavy (non-hydrogen) atoms. The molecule has 0 aliphatic heterocycles. The lowest BCUT2D eigenvalue weighted by atomic mass is 10.3. The minimum atomic E-state index is -3.44. The van der Waals surface area contributed by atoms with Crippen molar-refractivity contribution in [2.24, 2.45) is 0 Å². The average molecular weight is 254 g/mol. The van der Waals surface area contributed by atoms with E-state index in [0.717, 1.165) is 0 Å². The van der Waals surface area contributed by atoms with Crippen LogP contribution in [0.3, 0.4) is 0 Å². The first-order valence-corrected chi connectivity index (χ1v) is 6.93. The SMILES string of the molecule is C=C(C)C(=O)OP(=O)(CC)Oc1ccccc1. The van der Waals surface area contributed by atoms with Crippen LogP contribution in [0.2, 0.25) is 0 Å². The van der Waals surface area contributed by atoms with E-state index < -0.39 is 13.6 Å². The van der Waals surface area contributed by atoms with Gasteiger partial charge in [-0.2, -0.15) is 0 Å². The van der Waals surface area contributed by atoms with Crippen LogP contribution in [0.15, 0.2) is 42.5 Å². The second-order valence-corrected chi connectivity index (χ2v) is 5.71. The summed E-state index contributed by atoms with van der Waals surface area (Å²) >= 11 is 0. The molecule has 0 aliphatic rings. The third-order valence-electron chi connectivity index (χ3n) is 1.95. The van der Waals surface area contributed by atoms with E-state index in [1.54, 1.807) is 31.2 Å². The first-order valence-electron chi connectivity index (χ1n) is 5.20. The summed E-state index contributed by atoms with van der Waals surface area (Å²) in [5.41, 5.74) is 0.190. The predicted octanol–water partition coefficient (Wildman–Crippen LogP) is 3.40. The largest absolute Gasteiger partial charge is 0.432 e. The Labute approximate surface area is 101 Å². The van der Waals surface area contributed by atoms with Gasteiger partial charge in [0.1, 0.15) is 5.75 Å². The van der Waals surface area contributed by atoms with Crippen LogP contribution in [0, 0.1) is 0 Å². The summed E-state index contributed by atoms with van der Waals surface area (Å²) in [6.07, 6.45) is 0.112. The molecule has 0 saturated heterocycles. The van der Waals surface area contributed by atoms with Crippen LogP contribution in [-0.4, -0.2) is 12.1 Å². The molecule has 4 nitrogen and oxygen atoms in total. The van der Waals surface area contributed by atoms with Gasteiger partial charge in [-0.05, 0) is 19.1 Å². The van der Waals surface area contributed by atoms with Gasteiger partial charge >= 0.3 is 13.6 Å². The van der Waals surface area contributed by atoms with Crippen LogP contribution in [0.25, 0.3) is 0 Å². The topological polar surface area (TPSA) is 52.6 Å². The van der Waals surface area contributed by atoms with Crippen molar-refractivity contribution in [2.45, 2.75) is 13.8 Å². The number of hydrogen-bond donors (Lipinski definition) is 0. The molecule has 0 spiro atoms. The van der Waals surface area contributed by atoms with Crippen LogP contribution in [0.1, 0.15) is 13.8 Å². The van der Waals surface area contributed by atoms with Crippen LogP contribution < -0.4 is 4.52 Å². The lowest BCUT2D eigenvalue weighted by molar-refractivity contribution is -0.130. The molecule has 1 rings (SSSR count). The van der Waals surface area contributed by atoms with Crippen molar-refractivity contribution in [2.75, 3.05) is 6.16 Å². The van der Waals surface area contributed by atoms with E-state index in [-0.39, 0.29) is 11.7 Å². The van der Waals surface area contributed by atoms with E-state index in [1.807, 2.05) is 6.07 Å². The molecule has 92 valence electrons. The molecule has 1 atom stereocenters. The summed E-state index contributed by atoms with van der Waals surface area (Å²) in [7, 11) is -3.44. The number of carbonyl (C=O) groups is 1. The van der Waals surface area contributed by atoms with Gasteiger partial charge in [0.15, 0.2) is 0 Å². The molecule has 0 radical (unpaired) electrons. The molecular weight excluding hydrogens is 239 g/mol. The molecule has 0 aliphatic carbocycles. The van der Waals surface area contributed by atoms with Gasteiger partial charge in [-0.15, -0.1) is 0 Å². The molecule has 0 amide bonds. The van der Waals surface area contributed by atoms with Crippen LogP contribution in [0.4, 0.5) is 0 Å². The highest BCUT2D eigenvalue weighted by Crippen LogP contribution is 2.48. The Morgan fingerprint density at radius 1 is 1.35 bits per heavy atom. The zero-order valence-corrected chi connectivity index (χ0v) is 10.8. The fourth-order valence-corrected chi connectivity index (χ4v) is 2.14. The third-order valence-corrected chi connectivity index (χ3v) is 3.65. The highest BCUT2D eigenvalue weighted by molar-refractivity contribution is 7.54. The second kappa shape index (κ2) is 5.69. The quantitative estimate of drug-likeness (QED) is 0.597. The fraction of sp³-hybridized carbons (Fsp3) is 0.250. The van der Waals surface area contributed by atoms with Crippen LogP contribution >= 0.6 is 7.60 Å². The maximum absolute atomic E-state index is 12.2. The Bertz CT molecular complexity index is 453. The smallest absolute Gasteiger partial charge is 0.416 e. The normalized spacial score (nSPS) is 13.5. The van der Waals surface area contributed by atoms with Crippen molar-refractivity contribution in [3.8, 4) is 5.75 Å². The lowest BCUT2D eigenvalue weighted by Crippen LogP contribution is -2.08. The molecule has 0 bridgehead atoms. The summed E-state index contributed by atoms with van der Waals surface area (Å²) in [5, 5.41) is 0. The van der Waals surface area contributed by atoms with Crippen LogP contribution in [0.5, 0.6) is 5.75 Å². The zero-order chi connectivity index (χ0) is 12.9. The lowest BCUT2D eigenvalue weighted by Gasteiger charge is -2.17. The summed E-state index contributed by atoms with van der Waals surface area (Å²) < 4.78 is 22.3. The van der Waals surface area contributed by atoms with Crippen molar-refractivity contribution >= 4 is 13.6 Å². The minimum Gasteiger partial charge on any atom is -0.416 e. The van der Waals surface area contributed by atoms with Gasteiger partial charge in [0.2, 0.25) is 0 Å². The second-order valence-electron chi connectivity index (χ2n) is 3.49. The van der Waals surface area contributed by atoms with Gasteiger partial charge in [0, 0.05) is 5.57 Å². The number of rotatable bonds is 5. The van der Waals surface area contributed by atoms with Crippen molar-refractivity contribution in [1.29, 1.82) is 0 Å². The summed E-state index contributed by atoms with van der Waals surface area (Å²) in [5.74, 6) is -0.293. The van der Waals surface area contributed by atoms with Crippen molar-refractivity contribution in [1.82, 2.24) is 0 Å². The van der Waals surface area contributed by atoms with Gasteiger partial charge in [0.25, 0.3) is 0 Å². The molecule has 1 aromatic carbocycles. The number of hydrogen-bond acceptors (Lipinski definition) is 4. The van der Waals surface area contributed by atoms with E-state index in [2.05, 4.69) is 6.58 Å². The third kappa shape index (κ3) is 4.08. The van der Waals surface area contributed by atoms with Crippen LogP contribution in [-0.2, 0) is 13.9 Å². The minimum absolute atomic E-state index is 0.112. The highest BCUT2D eigenvalue weighted by atomic mass is 31.2. The van der Waals surface area contributed by atoms with E-state index in [0.29, 0.717) is 5.75 Å². The molecular formula is C12H15O4P. The van der Waals surface area contributed by atoms with E-state index in [4.69, 9.17) is 9.05 Å². The standard InChI is InChI=1S/C12H15O4P/c1-4-17(14,16-12(13)10(2)3)15-11-8-6-5-7-9-11/h5-9H,2,4H2,1,3H3. The molecule has 0 fully saturated rings. The summed E-state index contributed by atoms with van der Waals surface area (Å²) in [6.45, 7) is 6.55. The number of benzene rings is 1. The molecule has 1 unspecified atom stereocenters. The van der Waals surface area contributed by atoms with E-state index in [9.17, 15) is 9.36 Å². The van der Waals surface area contributed by atoms with E-state index >= 15 is 0 Å². The van der Waals surface area contributed by atoms with Crippen molar-refractivity contribution < 1.29 is 18.4 Å². The first-order chi connectivity index (χ1) is 7.97. The van der Waals surface area contributed by atoms with E-state index in [1.165, 1.54) is 6.92 Å². The van der Waals surface area contributed by atoms with Gasteiger partial charge < -0.3 is 9.05 Å². The van der Waals surface area contributed by atoms with Gasteiger partial charge in [-0.3, -0.25) is 0 Å². The predicted molar refractivity (Wildman–Crippen MR) is 66.1 cm³/mol. The number of carbonyl (C=O) groups excluding carboxylic acids is 1. The molecule has 0 saturated carbocycles. The summed E-state index contributed by atoms with van der Waals surface area (Å²) in [6, 6.07) is 8.60. The Kier molecular flexibility index (Phi) is 4.53. The summed E-state index contributed by atoms with van der Waals surface area (Å²) in [4.78, 5) is 11.3. The molecule has 1 aromatic rings. The first kappa shape index (κ1) is 13.5. The monoisotopic (exact) mass is 254 g/mol. The number of para-hydroxylation sites is 1. The maximum atomic E-state index is 12.2. The van der Waals surface area contributed by atoms with Crippen molar-refractivity contribution in [3.05, 3.63) is 42.5 Å². The van der Waals surface area contributed by atoms with Gasteiger partial charge in [-0.25, -0.2) is 9.36 Å². The zero-order valence-electron chi connectivity index (χ0n) is 9.88. The Morgan fingerprint density at radius 2 is 1.94 bits per heavy atom. The van der Waals surface area contributed by atoms with Gasteiger partial charge in [0.05, 0.1) is 6.16 Å². The molecule has 0 heterocycles. The average Bonchev–Trinajstić information content (AvgIpc) is 2.30. The Hall–Kier alpha value is -1.54. The maximum Gasteiger partial charge on any atom is 0.432 e. The van der Waals surface area contributed by atoms with Gasteiger partial charge in [-0.1, -0.05) is 31.7 Å². The van der Waals surface area contributed by atoms with Crippen molar-refractivity contribution in [3.63, 3.8) is 0 Å². The Balaban J connectivity index is 2.80. The highest BCUT2D eigenvalue weighted by Gasteiger charge is 2.28.